The van der Waals surface area contributed by atoms with Crippen molar-refractivity contribution in [2.24, 2.45) is 0 Å². The highest BCUT2D eigenvalue weighted by Gasteiger charge is 2.27. The molecule has 8 heteroatoms. The third-order valence-corrected chi connectivity index (χ3v) is 7.45. The number of methoxy groups -OCH3 is 2. The van der Waals surface area contributed by atoms with Crippen LogP contribution in [0.3, 0.4) is 0 Å². The maximum absolute atomic E-state index is 5.58. The first-order valence-corrected chi connectivity index (χ1v) is 12.5. The number of nitrogens with zero attached hydrogens (tertiary/aromatic N) is 5. The molecule has 3 aromatic rings. The summed E-state index contributed by atoms with van der Waals surface area (Å²) >= 11 is 1.75. The van der Waals surface area contributed by atoms with E-state index in [1.807, 2.05) is 18.3 Å². The van der Waals surface area contributed by atoms with Crippen LogP contribution in [-0.2, 0) is 6.54 Å². The van der Waals surface area contributed by atoms with E-state index >= 15 is 0 Å². The SMILES string of the molecule is COc1cc2nc(CN3CCCC[C@@H]3c3nccs3)nc(N3CCCCC3)c2cc1OC. The van der Waals surface area contributed by atoms with Gasteiger partial charge in [0.05, 0.1) is 32.3 Å². The average Bonchev–Trinajstić information content (AvgIpc) is 3.38. The Bertz CT molecular complexity index is 1050. The monoisotopic (exact) mass is 453 g/mol. The number of likely N-dealkylation sites (tertiary alicyclic amines) is 1. The number of ether oxygens (including phenoxy) is 2. The lowest BCUT2D eigenvalue weighted by molar-refractivity contribution is 0.137. The first-order valence-electron chi connectivity index (χ1n) is 11.6. The van der Waals surface area contributed by atoms with Gasteiger partial charge < -0.3 is 14.4 Å². The Hall–Kier alpha value is -2.45. The predicted molar refractivity (Wildman–Crippen MR) is 128 cm³/mol. The number of fused-ring (bicyclic) bond motifs is 1. The zero-order valence-corrected chi connectivity index (χ0v) is 19.7. The molecule has 1 atom stereocenters. The first-order chi connectivity index (χ1) is 15.8. The van der Waals surface area contributed by atoms with Gasteiger partial charge >= 0.3 is 0 Å². The molecule has 5 rings (SSSR count). The molecule has 0 unspecified atom stereocenters. The summed E-state index contributed by atoms with van der Waals surface area (Å²) < 4.78 is 11.1. The van der Waals surface area contributed by atoms with Crippen molar-refractivity contribution in [3.8, 4) is 11.5 Å². The summed E-state index contributed by atoms with van der Waals surface area (Å²) in [5.74, 6) is 3.31. The van der Waals surface area contributed by atoms with Gasteiger partial charge in [0, 0.05) is 36.1 Å². The number of piperidine rings is 2. The third-order valence-electron chi connectivity index (χ3n) is 6.58. The molecule has 2 aromatic heterocycles. The quantitative estimate of drug-likeness (QED) is 0.530. The molecule has 0 radical (unpaired) electrons. The number of rotatable bonds is 6. The topological polar surface area (TPSA) is 63.6 Å². The van der Waals surface area contributed by atoms with Crippen LogP contribution in [0.4, 0.5) is 5.82 Å². The van der Waals surface area contributed by atoms with E-state index in [0.717, 1.165) is 60.9 Å². The van der Waals surface area contributed by atoms with Crippen LogP contribution in [0, 0.1) is 0 Å². The Labute approximate surface area is 193 Å². The summed E-state index contributed by atoms with van der Waals surface area (Å²) in [4.78, 5) is 19.6. The van der Waals surface area contributed by atoms with E-state index in [1.165, 1.54) is 37.1 Å². The predicted octanol–water partition coefficient (Wildman–Crippen LogP) is 4.82. The van der Waals surface area contributed by atoms with Gasteiger partial charge in [-0.05, 0) is 44.7 Å². The Kier molecular flexibility index (Phi) is 6.41. The zero-order chi connectivity index (χ0) is 21.9. The van der Waals surface area contributed by atoms with Crippen LogP contribution in [0.1, 0.15) is 55.4 Å². The highest BCUT2D eigenvalue weighted by Crippen LogP contribution is 2.37. The van der Waals surface area contributed by atoms with Crippen molar-refractivity contribution in [2.75, 3.05) is 38.8 Å². The fourth-order valence-electron chi connectivity index (χ4n) is 4.94. The van der Waals surface area contributed by atoms with E-state index in [2.05, 4.69) is 20.2 Å². The second-order valence-electron chi connectivity index (χ2n) is 8.59. The normalized spacial score (nSPS) is 19.9. The molecule has 2 aliphatic heterocycles. The molecule has 2 saturated heterocycles. The van der Waals surface area contributed by atoms with Crippen LogP contribution in [0.2, 0.25) is 0 Å². The molecule has 0 aliphatic carbocycles. The van der Waals surface area contributed by atoms with Gasteiger partial charge in [0.15, 0.2) is 11.5 Å². The van der Waals surface area contributed by atoms with Crippen molar-refractivity contribution < 1.29 is 9.47 Å². The third kappa shape index (κ3) is 4.26. The molecule has 1 aromatic carbocycles. The summed E-state index contributed by atoms with van der Waals surface area (Å²) in [5.41, 5.74) is 0.913. The van der Waals surface area contributed by atoms with Gasteiger partial charge in [0.25, 0.3) is 0 Å². The number of benzene rings is 1. The molecular formula is C24H31N5O2S. The van der Waals surface area contributed by atoms with E-state index in [-0.39, 0.29) is 0 Å². The van der Waals surface area contributed by atoms with Crippen molar-refractivity contribution in [1.29, 1.82) is 0 Å². The fourth-order valence-corrected chi connectivity index (χ4v) is 5.75. The van der Waals surface area contributed by atoms with Gasteiger partial charge in [-0.1, -0.05) is 6.42 Å². The minimum Gasteiger partial charge on any atom is -0.493 e. The lowest BCUT2D eigenvalue weighted by atomic mass is 10.0. The largest absolute Gasteiger partial charge is 0.493 e. The second kappa shape index (κ2) is 9.58. The van der Waals surface area contributed by atoms with E-state index in [0.29, 0.717) is 11.8 Å². The number of hydrogen-bond donors (Lipinski definition) is 0. The van der Waals surface area contributed by atoms with Gasteiger partial charge in [-0.15, -0.1) is 11.3 Å². The van der Waals surface area contributed by atoms with Crippen molar-refractivity contribution in [2.45, 2.75) is 51.1 Å². The van der Waals surface area contributed by atoms with E-state index in [4.69, 9.17) is 19.4 Å². The van der Waals surface area contributed by atoms with Crippen LogP contribution in [0.25, 0.3) is 10.9 Å². The summed E-state index contributed by atoms with van der Waals surface area (Å²) in [6.45, 7) is 3.85. The van der Waals surface area contributed by atoms with Crippen molar-refractivity contribution >= 4 is 28.1 Å². The molecule has 170 valence electrons. The van der Waals surface area contributed by atoms with Crippen LogP contribution in [0.15, 0.2) is 23.7 Å². The molecule has 7 nitrogen and oxygen atoms in total. The van der Waals surface area contributed by atoms with Crippen molar-refractivity contribution in [3.05, 3.63) is 34.5 Å². The number of anilines is 1. The van der Waals surface area contributed by atoms with Crippen LogP contribution in [0.5, 0.6) is 11.5 Å². The molecule has 0 bridgehead atoms. The lowest BCUT2D eigenvalue weighted by Gasteiger charge is -2.34. The molecule has 4 heterocycles. The van der Waals surface area contributed by atoms with Crippen LogP contribution in [-0.4, -0.2) is 53.7 Å². The first kappa shape index (κ1) is 21.4. The highest BCUT2D eigenvalue weighted by molar-refractivity contribution is 7.09. The van der Waals surface area contributed by atoms with E-state index < -0.39 is 0 Å². The Morgan fingerprint density at radius 3 is 2.50 bits per heavy atom. The van der Waals surface area contributed by atoms with Gasteiger partial charge in [-0.3, -0.25) is 4.90 Å². The Morgan fingerprint density at radius 2 is 1.75 bits per heavy atom. The zero-order valence-electron chi connectivity index (χ0n) is 18.9. The number of hydrogen-bond acceptors (Lipinski definition) is 8. The van der Waals surface area contributed by atoms with E-state index in [9.17, 15) is 0 Å². The molecule has 32 heavy (non-hydrogen) atoms. The van der Waals surface area contributed by atoms with Gasteiger partial charge in [0.1, 0.15) is 16.6 Å². The second-order valence-corrected chi connectivity index (χ2v) is 9.51. The molecule has 0 saturated carbocycles. The van der Waals surface area contributed by atoms with Crippen LogP contribution < -0.4 is 14.4 Å². The number of thiazole rings is 1. The van der Waals surface area contributed by atoms with Gasteiger partial charge in [0.2, 0.25) is 0 Å². The lowest BCUT2D eigenvalue weighted by Crippen LogP contribution is -2.34. The Morgan fingerprint density at radius 1 is 0.969 bits per heavy atom. The van der Waals surface area contributed by atoms with Crippen molar-refractivity contribution in [3.63, 3.8) is 0 Å². The molecule has 2 fully saturated rings. The number of aromatic nitrogens is 3. The van der Waals surface area contributed by atoms with Gasteiger partial charge in [-0.25, -0.2) is 15.0 Å². The molecule has 0 amide bonds. The van der Waals surface area contributed by atoms with Crippen molar-refractivity contribution in [1.82, 2.24) is 19.9 Å². The minimum absolute atomic E-state index is 0.354. The molecule has 2 aliphatic rings. The maximum Gasteiger partial charge on any atom is 0.162 e. The maximum atomic E-state index is 5.58. The summed E-state index contributed by atoms with van der Waals surface area (Å²) in [7, 11) is 3.35. The summed E-state index contributed by atoms with van der Waals surface area (Å²) in [6.07, 6.45) is 9.19. The standard InChI is InChI=1S/C24H31N5O2S/c1-30-20-14-17-18(15-21(20)31-2)26-22(27-23(17)28-10-5-3-6-11-28)16-29-12-7-4-8-19(29)24-25-9-13-32-24/h9,13-15,19H,3-8,10-12,16H2,1-2H3/t19-/m1/s1. The summed E-state index contributed by atoms with van der Waals surface area (Å²) in [6, 6.07) is 4.37. The minimum atomic E-state index is 0.354. The van der Waals surface area contributed by atoms with Crippen LogP contribution >= 0.6 is 11.3 Å². The average molecular weight is 454 g/mol. The fraction of sp³-hybridized carbons (Fsp3) is 0.542. The smallest absolute Gasteiger partial charge is 0.162 e. The molecular weight excluding hydrogens is 422 g/mol. The van der Waals surface area contributed by atoms with E-state index in [1.54, 1.807) is 25.6 Å². The Balaban J connectivity index is 1.54. The van der Waals surface area contributed by atoms with Gasteiger partial charge in [-0.2, -0.15) is 0 Å². The molecule has 0 spiro atoms. The summed E-state index contributed by atoms with van der Waals surface area (Å²) in [5, 5.41) is 4.31. The highest BCUT2D eigenvalue weighted by atomic mass is 32.1. The molecule has 0 N–H and O–H groups in total.